The first-order valence-corrected chi connectivity index (χ1v) is 5.75. The number of hydrogen-bond donors (Lipinski definition) is 0. The normalized spacial score (nSPS) is 9.23. The summed E-state index contributed by atoms with van der Waals surface area (Å²) < 4.78 is 38.8. The third-order valence-electron chi connectivity index (χ3n) is 2.29. The number of rotatable bonds is 1. The molecule has 0 aromatic heterocycles. The van der Waals surface area contributed by atoms with Crippen molar-refractivity contribution in [3.63, 3.8) is 0 Å². The molecule has 1 aliphatic rings. The van der Waals surface area contributed by atoms with Crippen LogP contribution in [0.2, 0.25) is 0 Å². The summed E-state index contributed by atoms with van der Waals surface area (Å²) in [4.78, 5) is 2.35. The second-order valence-electron chi connectivity index (χ2n) is 3.14. The van der Waals surface area contributed by atoms with Gasteiger partial charge < -0.3 is 0 Å². The van der Waals surface area contributed by atoms with Crippen LogP contribution in [-0.2, 0) is 52.2 Å². The van der Waals surface area contributed by atoms with Crippen LogP contribution in [0.5, 0.6) is 0 Å². The molecule has 0 fully saturated rings. The van der Waals surface area contributed by atoms with E-state index in [0.717, 1.165) is 13.1 Å². The van der Waals surface area contributed by atoms with Gasteiger partial charge in [0, 0.05) is 0 Å². The van der Waals surface area contributed by atoms with Crippen LogP contribution >= 0.6 is 0 Å². The second-order valence-corrected chi connectivity index (χ2v) is 4.07. The predicted octanol–water partition coefficient (Wildman–Crippen LogP) is 1.51. The van der Waals surface area contributed by atoms with Crippen LogP contribution in [0.1, 0.15) is 18.1 Å². The molecule has 6 nitrogen and oxygen atoms in total. The van der Waals surface area contributed by atoms with E-state index in [-0.39, 0.29) is 0 Å². The van der Waals surface area contributed by atoms with Gasteiger partial charge in [-0.3, -0.25) is 0 Å². The van der Waals surface area contributed by atoms with Gasteiger partial charge in [0.1, 0.15) is 0 Å². The first-order valence-electron chi connectivity index (χ1n) is 5.12. The van der Waals surface area contributed by atoms with Crippen molar-refractivity contribution >= 4 is 4.50 Å². The fourth-order valence-corrected chi connectivity index (χ4v) is 1.76. The predicted molar refractivity (Wildman–Crippen MR) is 66.0 cm³/mol. The van der Waals surface area contributed by atoms with E-state index in [1.54, 1.807) is 0 Å². The van der Waals surface area contributed by atoms with E-state index in [1.807, 2.05) is 0 Å². The standard InChI is InChI=1S/C10H11N.5CO.Cr/c1-2-11-7-9-5-3-4-6-10(9)8-11;5*1-2;/h3-6H,7-8H2,1H3;;;;;;. The van der Waals surface area contributed by atoms with Gasteiger partial charge in [-0.2, -0.15) is 0 Å². The Hall–Kier alpha value is -1.72. The summed E-state index contributed by atoms with van der Waals surface area (Å²) in [6.45, 7) is 26.7. The Morgan fingerprint density at radius 2 is 1.09 bits per heavy atom. The molecule has 0 N–H and O–H groups in total. The Kier molecular flexibility index (Phi) is 31.4. The van der Waals surface area contributed by atoms with Crippen LogP contribution in [0, 0.1) is 33.3 Å². The molecule has 1 aliphatic heterocycles. The van der Waals surface area contributed by atoms with Crippen LogP contribution in [0.25, 0.3) is 0 Å². The third kappa shape index (κ3) is 12.1. The van der Waals surface area contributed by atoms with Crippen molar-refractivity contribution in [2.45, 2.75) is 20.0 Å². The van der Waals surface area contributed by atoms with Crippen LogP contribution in [0.3, 0.4) is 0 Å². The molecule has 1 aromatic rings. The van der Waals surface area contributed by atoms with Crippen molar-refractivity contribution in [3.8, 4) is 0 Å². The quantitative estimate of drug-likeness (QED) is 0.563. The molecule has 0 radical (unpaired) electrons. The molecule has 22 heavy (non-hydrogen) atoms. The zero-order valence-electron chi connectivity index (χ0n) is 11.6. The number of nitrogens with zero attached hydrogens (tertiary/aromatic N) is 1. The molecule has 0 aliphatic carbocycles. The fraction of sp³-hybridized carbons (Fsp3) is 0.200. The van der Waals surface area contributed by atoms with Gasteiger partial charge in [-0.1, -0.05) is 0 Å². The average molecular weight is 337 g/mol. The van der Waals surface area contributed by atoms with Gasteiger partial charge in [0.25, 0.3) is 0 Å². The summed E-state index contributed by atoms with van der Waals surface area (Å²) in [7, 11) is 0. The third-order valence-corrected chi connectivity index (χ3v) is 2.69. The van der Waals surface area contributed by atoms with Gasteiger partial charge in [-0.05, 0) is 0 Å². The van der Waals surface area contributed by atoms with Gasteiger partial charge in [-0.25, -0.2) is 0 Å². The van der Waals surface area contributed by atoms with Crippen LogP contribution in [-0.4, -0.2) is 9.40 Å². The Morgan fingerprint density at radius 1 is 0.818 bits per heavy atom. The zero-order chi connectivity index (χ0) is 18.6. The molecule has 112 valence electrons. The van der Waals surface area contributed by atoms with Crippen molar-refractivity contribution in [2.75, 3.05) is 0 Å². The van der Waals surface area contributed by atoms with E-state index in [0.29, 0.717) is 0 Å². The molecule has 2 rings (SSSR count). The number of fused-ring (bicyclic) bond motifs is 1. The molecule has 0 atom stereocenters. The zero-order valence-corrected chi connectivity index (χ0v) is 12.9. The first kappa shape index (κ1) is 28.4. The molecule has 0 saturated carbocycles. The van der Waals surface area contributed by atoms with E-state index in [9.17, 15) is 0 Å². The van der Waals surface area contributed by atoms with Crippen molar-refractivity contribution in [3.05, 3.63) is 68.6 Å². The molecule has 7 heteroatoms. The Labute approximate surface area is 137 Å². The van der Waals surface area contributed by atoms with E-state index >= 15 is 0 Å². The maximum absolute atomic E-state index is 7.50. The van der Waals surface area contributed by atoms with E-state index in [1.165, 1.54) is 15.6 Å². The molecule has 0 saturated heterocycles. The summed E-state index contributed by atoms with van der Waals surface area (Å²) in [6, 6.07) is 8.63. The van der Waals surface area contributed by atoms with Gasteiger partial charge in [0.15, 0.2) is 0 Å². The molecule has 1 heterocycles. The molecule has 0 amide bonds. The molecule has 0 unspecified atom stereocenters. The SMILES string of the molecule is C[C](=[Cr])N1Cc2ccccc2C1.[C-]#[O+].[C-]#[O+].[C-]#[O+].[C-]#[O+].[C-]#[O+]. The summed E-state index contributed by atoms with van der Waals surface area (Å²) in [5.74, 6) is 0. The van der Waals surface area contributed by atoms with Gasteiger partial charge in [-0.15, -0.1) is 0 Å². The second kappa shape index (κ2) is 24.3. The first-order chi connectivity index (χ1) is 10.8. The van der Waals surface area contributed by atoms with Crippen LogP contribution in [0.4, 0.5) is 0 Å². The van der Waals surface area contributed by atoms with Crippen LogP contribution < -0.4 is 0 Å². The molecular formula is C15H11CrNO5. The molecule has 0 bridgehead atoms. The minimum atomic E-state index is 1.06. The average Bonchev–Trinajstić information content (AvgIpc) is 3.08. The number of hydrogen-bond acceptors (Lipinski definition) is 1. The molecular weight excluding hydrogens is 326 g/mol. The monoisotopic (exact) mass is 337 g/mol. The van der Waals surface area contributed by atoms with Crippen molar-refractivity contribution in [1.29, 1.82) is 0 Å². The van der Waals surface area contributed by atoms with Gasteiger partial charge in [0.05, 0.1) is 0 Å². The molecule has 1 aromatic carbocycles. The summed E-state index contributed by atoms with van der Waals surface area (Å²) in [5, 5.41) is 0. The van der Waals surface area contributed by atoms with Crippen molar-refractivity contribution in [2.24, 2.45) is 0 Å². The maximum atomic E-state index is 7.50. The minimum absolute atomic E-state index is 1.06. The topological polar surface area (TPSA) is 103 Å². The fourth-order valence-electron chi connectivity index (χ4n) is 1.56. The summed E-state index contributed by atoms with van der Waals surface area (Å²) in [6.07, 6.45) is 0. The summed E-state index contributed by atoms with van der Waals surface area (Å²) in [5.41, 5.74) is 2.93. The van der Waals surface area contributed by atoms with E-state index in [2.05, 4.69) is 85.2 Å². The van der Waals surface area contributed by atoms with Gasteiger partial charge >= 0.3 is 137 Å². The van der Waals surface area contributed by atoms with E-state index < -0.39 is 0 Å². The number of benzene rings is 1. The summed E-state index contributed by atoms with van der Waals surface area (Å²) >= 11 is 3.06. The van der Waals surface area contributed by atoms with Crippen molar-refractivity contribution in [1.82, 2.24) is 4.90 Å². The Balaban J connectivity index is -0.000000139. The Bertz CT molecular complexity index is 457. The van der Waals surface area contributed by atoms with Gasteiger partial charge in [0.2, 0.25) is 0 Å². The molecule has 0 spiro atoms. The van der Waals surface area contributed by atoms with Crippen LogP contribution in [0.15, 0.2) is 24.3 Å². The van der Waals surface area contributed by atoms with E-state index in [4.69, 9.17) is 23.3 Å². The Morgan fingerprint density at radius 3 is 1.32 bits per heavy atom. The van der Waals surface area contributed by atoms with Crippen molar-refractivity contribution < 1.29 is 39.1 Å².